The van der Waals surface area contributed by atoms with Crippen LogP contribution in [0.1, 0.15) is 11.1 Å². The van der Waals surface area contributed by atoms with Crippen LogP contribution in [0.15, 0.2) is 59.6 Å². The molecule has 5 nitrogen and oxygen atoms in total. The first-order chi connectivity index (χ1) is 14.0. The van der Waals surface area contributed by atoms with Crippen molar-refractivity contribution in [2.24, 2.45) is 4.99 Å². The first kappa shape index (κ1) is 19.9. The topological polar surface area (TPSA) is 47.9 Å². The van der Waals surface area contributed by atoms with Crippen LogP contribution in [0.2, 0.25) is 10.0 Å². The van der Waals surface area contributed by atoms with Crippen LogP contribution < -0.4 is 10.2 Å². The third kappa shape index (κ3) is 3.88. The Bertz CT molecular complexity index is 1040. The first-order valence-electron chi connectivity index (χ1n) is 9.06. The van der Waals surface area contributed by atoms with Gasteiger partial charge < -0.3 is 15.1 Å². The largest absolute Gasteiger partial charge is 0.342 e. The minimum atomic E-state index is -0.884. The van der Waals surface area contributed by atoms with Crippen LogP contribution in [0.4, 0.5) is 5.69 Å². The number of nitrogens with one attached hydrogen (secondary N) is 1. The van der Waals surface area contributed by atoms with Crippen molar-refractivity contribution in [1.82, 2.24) is 10.2 Å². The third-order valence-electron chi connectivity index (χ3n) is 4.89. The molecule has 1 unspecified atom stereocenters. The summed E-state index contributed by atoms with van der Waals surface area (Å²) in [5, 5.41) is 4.68. The van der Waals surface area contributed by atoms with Crippen molar-refractivity contribution < 1.29 is 4.79 Å². The zero-order chi connectivity index (χ0) is 20.5. The second-order valence-electron chi connectivity index (χ2n) is 6.74. The lowest BCUT2D eigenvalue weighted by molar-refractivity contribution is -0.119. The van der Waals surface area contributed by atoms with Crippen LogP contribution in [0.5, 0.6) is 0 Å². The van der Waals surface area contributed by atoms with E-state index in [9.17, 15) is 4.79 Å². The Labute approximate surface area is 184 Å². The highest BCUT2D eigenvalue weighted by Gasteiger charge is 2.32. The number of halogens is 2. The van der Waals surface area contributed by atoms with Gasteiger partial charge in [-0.15, -0.1) is 0 Å². The van der Waals surface area contributed by atoms with Gasteiger partial charge in [0, 0.05) is 41.3 Å². The van der Waals surface area contributed by atoms with E-state index in [1.165, 1.54) is 0 Å². The number of hydrogen-bond donors (Lipinski definition) is 1. The van der Waals surface area contributed by atoms with Gasteiger partial charge in [0.25, 0.3) is 5.91 Å². The molecule has 148 valence electrons. The van der Waals surface area contributed by atoms with Crippen LogP contribution in [0.25, 0.3) is 0 Å². The summed E-state index contributed by atoms with van der Waals surface area (Å²) in [6.45, 7) is 1.42. The average Bonchev–Trinajstić information content (AvgIpc) is 3.23. The zero-order valence-electron chi connectivity index (χ0n) is 15.6. The number of likely N-dealkylation sites (N-methyl/N-ethyl adjacent to an activating group) is 1. The fourth-order valence-electron chi connectivity index (χ4n) is 3.36. The van der Waals surface area contributed by atoms with Crippen LogP contribution in [-0.4, -0.2) is 47.9 Å². The smallest absolute Gasteiger partial charge is 0.272 e. The van der Waals surface area contributed by atoms with Gasteiger partial charge in [0.2, 0.25) is 6.17 Å². The molecule has 0 radical (unpaired) electrons. The molecule has 0 fully saturated rings. The lowest BCUT2D eigenvalue weighted by atomic mass is 10.00. The number of fused-ring (bicyclic) bond motifs is 1. The van der Waals surface area contributed by atoms with Crippen molar-refractivity contribution >= 4 is 57.8 Å². The fraction of sp³-hybridized carbons (Fsp3) is 0.190. The van der Waals surface area contributed by atoms with E-state index in [1.807, 2.05) is 41.3 Å². The Hall–Kier alpha value is -2.41. The molecule has 0 bridgehead atoms. The number of amides is 1. The lowest BCUT2D eigenvalue weighted by Crippen LogP contribution is -2.50. The molecule has 2 aliphatic rings. The highest BCUT2D eigenvalue weighted by atomic mass is 35.5. The normalized spacial score (nSPS) is 18.4. The van der Waals surface area contributed by atoms with Crippen molar-refractivity contribution in [3.8, 4) is 0 Å². The molecule has 0 spiro atoms. The van der Waals surface area contributed by atoms with Gasteiger partial charge in [0.05, 0.1) is 11.4 Å². The summed E-state index contributed by atoms with van der Waals surface area (Å²) in [4.78, 5) is 21.5. The number of aliphatic imine (C=N–C) groups is 1. The van der Waals surface area contributed by atoms with Gasteiger partial charge in [0.1, 0.15) is 0 Å². The maximum absolute atomic E-state index is 13.2. The SMILES string of the molecule is CN1C(=O)C(NC(=S)N2CC=CC2)N=C(c2ccccc2Cl)c2cc(Cl)ccc21. The molecule has 1 atom stereocenters. The maximum Gasteiger partial charge on any atom is 0.272 e. The standard InChI is InChI=1S/C21H18Cl2N4OS/c1-26-17-9-8-13(22)12-15(17)18(14-6-2-3-7-16(14)23)24-19(20(26)28)25-21(29)27-10-4-5-11-27/h2-9,12,19H,10-11H2,1H3,(H,25,29). The Morgan fingerprint density at radius 1 is 1.14 bits per heavy atom. The van der Waals surface area contributed by atoms with Crippen molar-refractivity contribution in [3.63, 3.8) is 0 Å². The molecule has 2 heterocycles. The highest BCUT2D eigenvalue weighted by Crippen LogP contribution is 2.31. The van der Waals surface area contributed by atoms with Crippen LogP contribution >= 0.6 is 35.4 Å². The molecule has 2 aliphatic heterocycles. The van der Waals surface area contributed by atoms with Crippen molar-refractivity contribution in [2.45, 2.75) is 6.17 Å². The maximum atomic E-state index is 13.2. The minimum absolute atomic E-state index is 0.217. The Kier molecular flexibility index (Phi) is 5.58. The van der Waals surface area contributed by atoms with Crippen LogP contribution in [0, 0.1) is 0 Å². The highest BCUT2D eigenvalue weighted by molar-refractivity contribution is 7.80. The van der Waals surface area contributed by atoms with Gasteiger partial charge in [-0.1, -0.05) is 53.6 Å². The second kappa shape index (κ2) is 8.14. The van der Waals surface area contributed by atoms with E-state index in [0.717, 1.165) is 11.1 Å². The fourth-order valence-corrected chi connectivity index (χ4v) is 4.02. The van der Waals surface area contributed by atoms with E-state index in [0.29, 0.717) is 39.6 Å². The Morgan fingerprint density at radius 3 is 2.59 bits per heavy atom. The second-order valence-corrected chi connectivity index (χ2v) is 7.98. The van der Waals surface area contributed by atoms with E-state index in [1.54, 1.807) is 30.1 Å². The van der Waals surface area contributed by atoms with E-state index in [2.05, 4.69) is 5.32 Å². The van der Waals surface area contributed by atoms with E-state index >= 15 is 0 Å². The van der Waals surface area contributed by atoms with Gasteiger partial charge in [-0.05, 0) is 36.5 Å². The summed E-state index contributed by atoms with van der Waals surface area (Å²) in [6, 6.07) is 12.8. The lowest BCUT2D eigenvalue weighted by Gasteiger charge is -2.25. The van der Waals surface area contributed by atoms with Crippen molar-refractivity contribution in [3.05, 3.63) is 75.8 Å². The predicted molar refractivity (Wildman–Crippen MR) is 122 cm³/mol. The number of carbonyl (C=O) groups excluding carboxylic acids is 1. The molecule has 0 aromatic heterocycles. The molecule has 2 aromatic carbocycles. The molecule has 29 heavy (non-hydrogen) atoms. The summed E-state index contributed by atoms with van der Waals surface area (Å²) >= 11 is 18.3. The summed E-state index contributed by atoms with van der Waals surface area (Å²) in [5.41, 5.74) is 2.75. The van der Waals surface area contributed by atoms with Gasteiger partial charge in [-0.2, -0.15) is 0 Å². The molecule has 0 aliphatic carbocycles. The van der Waals surface area contributed by atoms with Crippen molar-refractivity contribution in [1.29, 1.82) is 0 Å². The summed E-state index contributed by atoms with van der Waals surface area (Å²) in [6.07, 6.45) is 3.18. The van der Waals surface area contributed by atoms with E-state index in [4.69, 9.17) is 40.4 Å². The number of carbonyl (C=O) groups is 1. The minimum Gasteiger partial charge on any atom is -0.342 e. The third-order valence-corrected chi connectivity index (χ3v) is 5.83. The number of nitrogens with zero attached hydrogens (tertiary/aromatic N) is 3. The van der Waals surface area contributed by atoms with Crippen LogP contribution in [0.3, 0.4) is 0 Å². The molecule has 0 saturated heterocycles. The number of hydrogen-bond acceptors (Lipinski definition) is 3. The van der Waals surface area contributed by atoms with Gasteiger partial charge >= 0.3 is 0 Å². The Balaban J connectivity index is 1.82. The van der Waals surface area contributed by atoms with Crippen LogP contribution in [-0.2, 0) is 4.79 Å². The number of rotatable bonds is 2. The van der Waals surface area contributed by atoms with E-state index in [-0.39, 0.29) is 5.91 Å². The molecule has 2 aromatic rings. The number of benzodiazepines with no additional fused rings is 1. The summed E-state index contributed by atoms with van der Waals surface area (Å²) in [5.74, 6) is -0.217. The Morgan fingerprint density at radius 2 is 1.86 bits per heavy atom. The predicted octanol–water partition coefficient (Wildman–Crippen LogP) is 3.88. The van der Waals surface area contributed by atoms with Gasteiger partial charge in [-0.25, -0.2) is 4.99 Å². The van der Waals surface area contributed by atoms with Gasteiger partial charge in [0.15, 0.2) is 5.11 Å². The number of anilines is 1. The molecule has 1 N–H and O–H groups in total. The summed E-state index contributed by atoms with van der Waals surface area (Å²) in [7, 11) is 1.72. The molecule has 0 saturated carbocycles. The molecule has 1 amide bonds. The number of thiocarbonyl (C=S) groups is 1. The average molecular weight is 445 g/mol. The number of benzene rings is 2. The molecule has 4 rings (SSSR count). The monoisotopic (exact) mass is 444 g/mol. The van der Waals surface area contributed by atoms with E-state index < -0.39 is 6.17 Å². The molecule has 8 heteroatoms. The quantitative estimate of drug-likeness (QED) is 0.563. The van der Waals surface area contributed by atoms with Crippen molar-refractivity contribution in [2.75, 3.05) is 25.0 Å². The molecular formula is C21H18Cl2N4OS. The first-order valence-corrected chi connectivity index (χ1v) is 10.2. The van der Waals surface area contributed by atoms with Gasteiger partial charge in [-0.3, -0.25) is 4.79 Å². The molecular weight excluding hydrogens is 427 g/mol. The summed E-state index contributed by atoms with van der Waals surface area (Å²) < 4.78 is 0. The zero-order valence-corrected chi connectivity index (χ0v) is 17.9.